The number of H-pyrrole nitrogens is 1. The minimum Gasteiger partial charge on any atom is -0.354 e. The zero-order chi connectivity index (χ0) is 17.1. The van der Waals surface area contributed by atoms with Crippen molar-refractivity contribution in [2.24, 2.45) is 0 Å². The average molecular weight is 353 g/mol. The van der Waals surface area contributed by atoms with Crippen LogP contribution in [0.4, 0.5) is 0 Å². The van der Waals surface area contributed by atoms with E-state index in [-0.39, 0.29) is 11.9 Å². The number of aromatic nitrogens is 3. The van der Waals surface area contributed by atoms with Gasteiger partial charge in [0.05, 0.1) is 22.7 Å². The number of carbonyl (C=O) groups is 1. The first-order valence-electron chi connectivity index (χ1n) is 8.34. The van der Waals surface area contributed by atoms with Crippen LogP contribution in [0.15, 0.2) is 42.0 Å². The van der Waals surface area contributed by atoms with Crippen molar-refractivity contribution in [3.8, 4) is 11.3 Å². The van der Waals surface area contributed by atoms with Gasteiger partial charge in [0, 0.05) is 42.6 Å². The lowest BCUT2D eigenvalue weighted by molar-refractivity contribution is -0.123. The number of imidazole rings is 1. The summed E-state index contributed by atoms with van der Waals surface area (Å²) in [6.07, 6.45) is 3.25. The van der Waals surface area contributed by atoms with Crippen molar-refractivity contribution >= 4 is 17.2 Å². The summed E-state index contributed by atoms with van der Waals surface area (Å²) in [5.74, 6) is -0.0344. The summed E-state index contributed by atoms with van der Waals surface area (Å²) in [6, 6.07) is 9.75. The molecule has 0 fully saturated rings. The molecule has 1 unspecified atom stereocenters. The van der Waals surface area contributed by atoms with E-state index in [4.69, 9.17) is 0 Å². The molecule has 7 heteroatoms. The molecule has 0 saturated heterocycles. The van der Waals surface area contributed by atoms with Gasteiger partial charge >= 0.3 is 0 Å². The molecule has 6 nitrogen and oxygen atoms in total. The van der Waals surface area contributed by atoms with Crippen molar-refractivity contribution < 1.29 is 4.79 Å². The zero-order valence-corrected chi connectivity index (χ0v) is 14.5. The Labute approximate surface area is 149 Å². The highest BCUT2D eigenvalue weighted by atomic mass is 32.1. The van der Waals surface area contributed by atoms with Gasteiger partial charge in [0.15, 0.2) is 0 Å². The summed E-state index contributed by atoms with van der Waals surface area (Å²) in [4.78, 5) is 24.5. The molecule has 1 aliphatic heterocycles. The van der Waals surface area contributed by atoms with E-state index in [1.807, 2.05) is 18.2 Å². The van der Waals surface area contributed by atoms with E-state index in [9.17, 15) is 4.79 Å². The Bertz CT molecular complexity index is 857. The van der Waals surface area contributed by atoms with Gasteiger partial charge < -0.3 is 15.6 Å². The van der Waals surface area contributed by atoms with Crippen molar-refractivity contribution in [1.29, 1.82) is 0 Å². The molecule has 2 aromatic heterocycles. The molecule has 128 valence electrons. The zero-order valence-electron chi connectivity index (χ0n) is 13.7. The second kappa shape index (κ2) is 7.16. The third kappa shape index (κ3) is 3.47. The van der Waals surface area contributed by atoms with Gasteiger partial charge in [-0.1, -0.05) is 30.3 Å². The summed E-state index contributed by atoms with van der Waals surface area (Å²) in [5.41, 5.74) is 3.96. The number of aromatic amines is 1. The third-order valence-corrected chi connectivity index (χ3v) is 5.18. The highest BCUT2D eigenvalue weighted by Gasteiger charge is 2.28. The molecule has 0 aliphatic carbocycles. The van der Waals surface area contributed by atoms with E-state index < -0.39 is 0 Å². The van der Waals surface area contributed by atoms with Gasteiger partial charge in [-0.3, -0.25) is 4.79 Å². The molecule has 3 aromatic rings. The highest BCUT2D eigenvalue weighted by Crippen LogP contribution is 2.22. The minimum absolute atomic E-state index is 0.0344. The predicted octanol–water partition coefficient (Wildman–Crippen LogP) is 2.08. The van der Waals surface area contributed by atoms with E-state index in [0.29, 0.717) is 6.54 Å². The Hall–Kier alpha value is -2.51. The standard InChI is InChI=1S/C18H19N5OS/c24-18(17-16-13(6-8-19-17)21-11-22-16)20-9-7-15-23-14(10-25-15)12-4-2-1-3-5-12/h1-5,10-11,17,19H,6-9H2,(H,20,24)(H,21,22). The summed E-state index contributed by atoms with van der Waals surface area (Å²) in [7, 11) is 0. The molecule has 4 rings (SSSR count). The number of nitrogens with one attached hydrogen (secondary N) is 3. The van der Waals surface area contributed by atoms with Gasteiger partial charge in [0.25, 0.3) is 0 Å². The van der Waals surface area contributed by atoms with Crippen LogP contribution < -0.4 is 10.6 Å². The lowest BCUT2D eigenvalue weighted by Gasteiger charge is -2.22. The molecular weight excluding hydrogens is 334 g/mol. The Kier molecular flexibility index (Phi) is 4.58. The Balaban J connectivity index is 1.33. The van der Waals surface area contributed by atoms with Crippen LogP contribution in [0.25, 0.3) is 11.3 Å². The number of hydrogen-bond donors (Lipinski definition) is 3. The molecule has 0 bridgehead atoms. The maximum atomic E-state index is 12.4. The molecule has 1 aliphatic rings. The van der Waals surface area contributed by atoms with Gasteiger partial charge in [-0.15, -0.1) is 11.3 Å². The first-order valence-corrected chi connectivity index (χ1v) is 9.22. The van der Waals surface area contributed by atoms with Crippen LogP contribution >= 0.6 is 11.3 Å². The van der Waals surface area contributed by atoms with Crippen LogP contribution in [0.2, 0.25) is 0 Å². The molecule has 0 spiro atoms. The van der Waals surface area contributed by atoms with Crippen LogP contribution in [-0.4, -0.2) is 33.9 Å². The van der Waals surface area contributed by atoms with Crippen LogP contribution in [0, 0.1) is 0 Å². The molecule has 3 heterocycles. The van der Waals surface area contributed by atoms with Crippen LogP contribution in [0.3, 0.4) is 0 Å². The van der Waals surface area contributed by atoms with Gasteiger partial charge in [0.1, 0.15) is 6.04 Å². The minimum atomic E-state index is -0.369. The number of fused-ring (bicyclic) bond motifs is 1. The molecule has 0 radical (unpaired) electrons. The van der Waals surface area contributed by atoms with Crippen molar-refractivity contribution in [3.63, 3.8) is 0 Å². The smallest absolute Gasteiger partial charge is 0.243 e. The number of carbonyl (C=O) groups excluding carboxylic acids is 1. The normalized spacial score (nSPS) is 16.4. The summed E-state index contributed by atoms with van der Waals surface area (Å²) >= 11 is 1.63. The van der Waals surface area contributed by atoms with Crippen molar-refractivity contribution in [2.75, 3.05) is 13.1 Å². The fraction of sp³-hybridized carbons (Fsp3) is 0.278. The van der Waals surface area contributed by atoms with E-state index in [1.165, 1.54) is 0 Å². The molecular formula is C18H19N5OS. The maximum Gasteiger partial charge on any atom is 0.243 e. The summed E-state index contributed by atoms with van der Waals surface area (Å²) < 4.78 is 0. The Morgan fingerprint density at radius 2 is 2.20 bits per heavy atom. The van der Waals surface area contributed by atoms with E-state index in [1.54, 1.807) is 17.7 Å². The van der Waals surface area contributed by atoms with Gasteiger partial charge in [-0.25, -0.2) is 9.97 Å². The Morgan fingerprint density at radius 3 is 3.08 bits per heavy atom. The molecule has 1 aromatic carbocycles. The largest absolute Gasteiger partial charge is 0.354 e. The fourth-order valence-electron chi connectivity index (χ4n) is 3.00. The first-order chi connectivity index (χ1) is 12.3. The van der Waals surface area contributed by atoms with E-state index in [0.717, 1.165) is 47.0 Å². The molecule has 0 saturated carbocycles. The van der Waals surface area contributed by atoms with Crippen molar-refractivity contribution in [1.82, 2.24) is 25.6 Å². The van der Waals surface area contributed by atoms with Gasteiger partial charge in [0.2, 0.25) is 5.91 Å². The van der Waals surface area contributed by atoms with Crippen LogP contribution in [0.1, 0.15) is 22.4 Å². The SMILES string of the molecule is O=C(NCCc1nc(-c2ccccc2)cs1)C1NCCc2[nH]cnc21. The topological polar surface area (TPSA) is 82.7 Å². The Morgan fingerprint density at radius 1 is 1.32 bits per heavy atom. The number of hydrogen-bond acceptors (Lipinski definition) is 5. The lowest BCUT2D eigenvalue weighted by atomic mass is 10.1. The fourth-order valence-corrected chi connectivity index (χ4v) is 3.80. The van der Waals surface area contributed by atoms with E-state index >= 15 is 0 Å². The predicted molar refractivity (Wildman–Crippen MR) is 97.3 cm³/mol. The number of rotatable bonds is 5. The summed E-state index contributed by atoms with van der Waals surface area (Å²) in [6.45, 7) is 1.35. The molecule has 3 N–H and O–H groups in total. The number of thiazole rings is 1. The average Bonchev–Trinajstić information content (AvgIpc) is 3.31. The molecule has 1 atom stereocenters. The van der Waals surface area contributed by atoms with Crippen molar-refractivity contribution in [3.05, 3.63) is 58.4 Å². The number of amides is 1. The second-order valence-corrected chi connectivity index (χ2v) is 6.88. The van der Waals surface area contributed by atoms with Gasteiger partial charge in [-0.2, -0.15) is 0 Å². The molecule has 25 heavy (non-hydrogen) atoms. The van der Waals surface area contributed by atoms with E-state index in [2.05, 4.69) is 43.1 Å². The van der Waals surface area contributed by atoms with Crippen molar-refractivity contribution in [2.45, 2.75) is 18.9 Å². The monoisotopic (exact) mass is 353 g/mol. The number of nitrogens with zero attached hydrogens (tertiary/aromatic N) is 2. The highest BCUT2D eigenvalue weighted by molar-refractivity contribution is 7.09. The third-order valence-electron chi connectivity index (χ3n) is 4.27. The number of benzene rings is 1. The quantitative estimate of drug-likeness (QED) is 0.656. The van der Waals surface area contributed by atoms with Crippen LogP contribution in [-0.2, 0) is 17.6 Å². The first kappa shape index (κ1) is 16.0. The van der Waals surface area contributed by atoms with Gasteiger partial charge in [-0.05, 0) is 0 Å². The second-order valence-electron chi connectivity index (χ2n) is 5.94. The molecule has 1 amide bonds. The van der Waals surface area contributed by atoms with Crippen LogP contribution in [0.5, 0.6) is 0 Å². The lowest BCUT2D eigenvalue weighted by Crippen LogP contribution is -2.42. The summed E-state index contributed by atoms with van der Waals surface area (Å²) in [5, 5.41) is 9.30. The maximum absolute atomic E-state index is 12.4.